The Hall–Kier alpha value is -2.30. The lowest BCUT2D eigenvalue weighted by molar-refractivity contribution is 0.197. The second-order valence-corrected chi connectivity index (χ2v) is 6.31. The third-order valence-electron chi connectivity index (χ3n) is 3.97. The maximum absolute atomic E-state index is 13.0. The van der Waals surface area contributed by atoms with E-state index in [0.29, 0.717) is 27.2 Å². The molecule has 4 nitrogen and oxygen atoms in total. The van der Waals surface area contributed by atoms with Crippen molar-refractivity contribution < 1.29 is 9.90 Å². The minimum absolute atomic E-state index is 0.225. The number of aromatic nitrogens is 1. The third kappa shape index (κ3) is 2.48. The molecule has 3 aromatic rings. The molecular weight excluding hydrogens is 349 g/mol. The Kier molecular flexibility index (Phi) is 4.11. The SMILES string of the molecule is Cc1ccc2c(c1)c(=O)c(-c1cccc(Cl)c1Cl)c(C)n2C(=O)O. The van der Waals surface area contributed by atoms with Crippen LogP contribution in [0.5, 0.6) is 0 Å². The van der Waals surface area contributed by atoms with Gasteiger partial charge in [-0.05, 0) is 32.0 Å². The van der Waals surface area contributed by atoms with E-state index in [-0.39, 0.29) is 16.0 Å². The molecule has 0 aliphatic carbocycles. The van der Waals surface area contributed by atoms with E-state index in [1.54, 1.807) is 43.3 Å². The average molecular weight is 362 g/mol. The van der Waals surface area contributed by atoms with Crippen molar-refractivity contribution in [1.82, 2.24) is 4.57 Å². The summed E-state index contributed by atoms with van der Waals surface area (Å²) in [4.78, 5) is 24.8. The van der Waals surface area contributed by atoms with E-state index >= 15 is 0 Å². The highest BCUT2D eigenvalue weighted by Gasteiger charge is 2.21. The summed E-state index contributed by atoms with van der Waals surface area (Å²) >= 11 is 12.3. The van der Waals surface area contributed by atoms with Crippen molar-refractivity contribution in [1.29, 1.82) is 0 Å². The van der Waals surface area contributed by atoms with Gasteiger partial charge in [-0.3, -0.25) is 4.79 Å². The second-order valence-electron chi connectivity index (χ2n) is 5.53. The van der Waals surface area contributed by atoms with Crippen LogP contribution in [0.3, 0.4) is 0 Å². The van der Waals surface area contributed by atoms with Crippen molar-refractivity contribution in [2.75, 3.05) is 0 Å². The molecule has 0 spiro atoms. The predicted molar refractivity (Wildman–Crippen MR) is 96.6 cm³/mol. The average Bonchev–Trinajstić information content (AvgIpc) is 2.52. The summed E-state index contributed by atoms with van der Waals surface area (Å²) in [6.07, 6.45) is -1.17. The molecule has 0 saturated heterocycles. The van der Waals surface area contributed by atoms with Crippen molar-refractivity contribution in [3.8, 4) is 11.1 Å². The molecule has 0 aliphatic rings. The van der Waals surface area contributed by atoms with Gasteiger partial charge in [0.05, 0.1) is 21.1 Å². The summed E-state index contributed by atoms with van der Waals surface area (Å²) in [7, 11) is 0. The Labute approximate surface area is 147 Å². The van der Waals surface area contributed by atoms with Crippen LogP contribution in [0.4, 0.5) is 4.79 Å². The summed E-state index contributed by atoms with van der Waals surface area (Å²) in [6, 6.07) is 10.0. The minimum atomic E-state index is -1.17. The Morgan fingerprint density at radius 3 is 2.50 bits per heavy atom. The van der Waals surface area contributed by atoms with Gasteiger partial charge in [0.25, 0.3) is 0 Å². The molecule has 1 heterocycles. The van der Waals surface area contributed by atoms with E-state index in [0.717, 1.165) is 10.1 Å². The van der Waals surface area contributed by atoms with Crippen LogP contribution in [-0.2, 0) is 0 Å². The van der Waals surface area contributed by atoms with Gasteiger partial charge in [0.15, 0.2) is 5.43 Å². The summed E-state index contributed by atoms with van der Waals surface area (Å²) in [5.41, 5.74) is 1.90. The van der Waals surface area contributed by atoms with Gasteiger partial charge in [0, 0.05) is 16.6 Å². The van der Waals surface area contributed by atoms with Crippen molar-refractivity contribution in [3.05, 3.63) is 67.9 Å². The molecule has 0 aliphatic heterocycles. The number of fused-ring (bicyclic) bond motifs is 1. The minimum Gasteiger partial charge on any atom is -0.464 e. The number of pyridine rings is 1. The van der Waals surface area contributed by atoms with Gasteiger partial charge in [-0.2, -0.15) is 0 Å². The molecule has 0 bridgehead atoms. The molecule has 3 rings (SSSR count). The number of nitrogens with zero attached hydrogens (tertiary/aromatic N) is 1. The van der Waals surface area contributed by atoms with Crippen LogP contribution >= 0.6 is 23.2 Å². The van der Waals surface area contributed by atoms with Crippen molar-refractivity contribution in [2.45, 2.75) is 13.8 Å². The largest absolute Gasteiger partial charge is 0.464 e. The van der Waals surface area contributed by atoms with Gasteiger partial charge in [-0.1, -0.05) is 47.0 Å². The molecule has 6 heteroatoms. The molecule has 1 N–H and O–H groups in total. The molecule has 0 amide bonds. The van der Waals surface area contributed by atoms with Crippen molar-refractivity contribution >= 4 is 40.2 Å². The fourth-order valence-electron chi connectivity index (χ4n) is 2.88. The Balaban J connectivity index is 2.56. The second kappa shape index (κ2) is 5.96. The topological polar surface area (TPSA) is 59.3 Å². The van der Waals surface area contributed by atoms with Gasteiger partial charge in [0.2, 0.25) is 0 Å². The first-order chi connectivity index (χ1) is 11.3. The standard InChI is InChI=1S/C18H13Cl2NO3/c1-9-6-7-14-12(8-9)17(22)15(10(2)21(14)18(23)24)11-4-3-5-13(19)16(11)20/h3-8H,1-2H3,(H,23,24). The molecule has 0 unspecified atom stereocenters. The number of carbonyl (C=O) groups is 1. The lowest BCUT2D eigenvalue weighted by atomic mass is 9.99. The molecule has 2 aromatic carbocycles. The predicted octanol–water partition coefficient (Wildman–Crippen LogP) is 5.12. The van der Waals surface area contributed by atoms with E-state index < -0.39 is 6.09 Å². The van der Waals surface area contributed by atoms with Gasteiger partial charge in [0.1, 0.15) is 0 Å². The number of aryl methyl sites for hydroxylation is 1. The normalized spacial score (nSPS) is 11.0. The van der Waals surface area contributed by atoms with Crippen LogP contribution in [0.2, 0.25) is 10.0 Å². The molecule has 1 aromatic heterocycles. The molecular formula is C18H13Cl2NO3. The fourth-order valence-corrected chi connectivity index (χ4v) is 3.27. The first kappa shape index (κ1) is 16.6. The zero-order chi connectivity index (χ0) is 17.6. The highest BCUT2D eigenvalue weighted by atomic mass is 35.5. The maximum Gasteiger partial charge on any atom is 0.416 e. The Morgan fingerprint density at radius 1 is 1.12 bits per heavy atom. The van der Waals surface area contributed by atoms with Crippen LogP contribution in [0, 0.1) is 13.8 Å². The van der Waals surface area contributed by atoms with Crippen molar-refractivity contribution in [2.24, 2.45) is 0 Å². The first-order valence-electron chi connectivity index (χ1n) is 7.16. The highest BCUT2D eigenvalue weighted by Crippen LogP contribution is 2.34. The summed E-state index contributed by atoms with van der Waals surface area (Å²) in [5, 5.41) is 10.5. The van der Waals surface area contributed by atoms with Gasteiger partial charge in [-0.15, -0.1) is 0 Å². The zero-order valence-corrected chi connectivity index (χ0v) is 14.4. The molecule has 0 atom stereocenters. The van der Waals surface area contributed by atoms with E-state index in [1.807, 2.05) is 6.92 Å². The molecule has 122 valence electrons. The Bertz CT molecular complexity index is 1050. The third-order valence-corrected chi connectivity index (χ3v) is 4.79. The monoisotopic (exact) mass is 361 g/mol. The van der Waals surface area contributed by atoms with Crippen LogP contribution in [-0.4, -0.2) is 15.8 Å². The van der Waals surface area contributed by atoms with E-state index in [1.165, 1.54) is 0 Å². The highest BCUT2D eigenvalue weighted by molar-refractivity contribution is 6.43. The van der Waals surface area contributed by atoms with Crippen LogP contribution in [0.15, 0.2) is 41.2 Å². The number of hydrogen-bond acceptors (Lipinski definition) is 2. The quantitative estimate of drug-likeness (QED) is 0.654. The zero-order valence-electron chi connectivity index (χ0n) is 12.9. The number of halogens is 2. The molecule has 0 fully saturated rings. The van der Waals surface area contributed by atoms with Crippen LogP contribution in [0.25, 0.3) is 22.0 Å². The molecule has 24 heavy (non-hydrogen) atoms. The van der Waals surface area contributed by atoms with Crippen LogP contribution in [0.1, 0.15) is 11.3 Å². The molecule has 0 radical (unpaired) electrons. The van der Waals surface area contributed by atoms with Crippen molar-refractivity contribution in [3.63, 3.8) is 0 Å². The number of carboxylic acid groups (broad SMARTS) is 1. The van der Waals surface area contributed by atoms with Crippen LogP contribution < -0.4 is 5.43 Å². The maximum atomic E-state index is 13.0. The van der Waals surface area contributed by atoms with E-state index in [4.69, 9.17) is 23.2 Å². The van der Waals surface area contributed by atoms with Gasteiger partial charge >= 0.3 is 6.09 Å². The van der Waals surface area contributed by atoms with E-state index in [9.17, 15) is 14.7 Å². The first-order valence-corrected chi connectivity index (χ1v) is 7.92. The number of benzene rings is 2. The van der Waals surface area contributed by atoms with E-state index in [2.05, 4.69) is 0 Å². The van der Waals surface area contributed by atoms with Gasteiger partial charge in [-0.25, -0.2) is 9.36 Å². The number of rotatable bonds is 1. The Morgan fingerprint density at radius 2 is 1.83 bits per heavy atom. The summed E-state index contributed by atoms with van der Waals surface area (Å²) < 4.78 is 1.10. The summed E-state index contributed by atoms with van der Waals surface area (Å²) in [6.45, 7) is 3.43. The lowest BCUT2D eigenvalue weighted by Crippen LogP contribution is -2.20. The van der Waals surface area contributed by atoms with Gasteiger partial charge < -0.3 is 5.11 Å². The smallest absolute Gasteiger partial charge is 0.416 e. The molecule has 0 saturated carbocycles. The number of hydrogen-bond donors (Lipinski definition) is 1. The lowest BCUT2D eigenvalue weighted by Gasteiger charge is -2.16. The fraction of sp³-hybridized carbons (Fsp3) is 0.111. The summed E-state index contributed by atoms with van der Waals surface area (Å²) in [5.74, 6) is 0.